The summed E-state index contributed by atoms with van der Waals surface area (Å²) in [5.74, 6) is 1.25. The minimum Gasteiger partial charge on any atom is -0.493 e. The van der Waals surface area contributed by atoms with Crippen molar-refractivity contribution in [2.45, 2.75) is 50.7 Å². The first kappa shape index (κ1) is 27.2. The van der Waals surface area contributed by atoms with Gasteiger partial charge >= 0.3 is 0 Å². The second-order valence-corrected chi connectivity index (χ2v) is 11.3. The summed E-state index contributed by atoms with van der Waals surface area (Å²) in [6.45, 7) is 5.82. The molecule has 0 radical (unpaired) electrons. The molecule has 0 aromatic heterocycles. The highest BCUT2D eigenvalue weighted by Crippen LogP contribution is 2.50. The average Bonchev–Trinajstić information content (AvgIpc) is 3.67. The zero-order valence-corrected chi connectivity index (χ0v) is 23.1. The number of methoxy groups -OCH3 is 1. The number of amides is 1. The summed E-state index contributed by atoms with van der Waals surface area (Å²) in [5.41, 5.74) is 2.90. The van der Waals surface area contributed by atoms with Crippen LogP contribution in [-0.2, 0) is 21.6 Å². The molecule has 1 amide bonds. The number of carbonyl (C=O) groups excluding carboxylic acids is 1. The Morgan fingerprint density at radius 3 is 2.36 bits per heavy atom. The molecule has 0 unspecified atom stereocenters. The molecule has 1 aliphatic carbocycles. The lowest BCUT2D eigenvalue weighted by molar-refractivity contribution is -0.136. The number of rotatable bonds is 11. The predicted octanol–water partition coefficient (Wildman–Crippen LogP) is 5.34. The van der Waals surface area contributed by atoms with Gasteiger partial charge in [-0.15, -0.1) is 0 Å². The third-order valence-electron chi connectivity index (χ3n) is 8.71. The predicted molar refractivity (Wildman–Crippen MR) is 151 cm³/mol. The van der Waals surface area contributed by atoms with E-state index in [1.807, 2.05) is 66.4 Å². The Bertz CT molecular complexity index is 1260. The van der Waals surface area contributed by atoms with Crippen LogP contribution in [0.1, 0.15) is 49.3 Å². The fraction of sp³-hybridized carbons (Fsp3) is 0.424. The number of aliphatic hydroxyl groups excluding tert-OH is 1. The molecule has 1 heterocycles. The van der Waals surface area contributed by atoms with E-state index in [4.69, 9.17) is 14.2 Å². The average molecular weight is 530 g/mol. The van der Waals surface area contributed by atoms with E-state index in [1.165, 1.54) is 5.56 Å². The maximum atomic E-state index is 13.1. The Morgan fingerprint density at radius 2 is 1.72 bits per heavy atom. The molecule has 1 aliphatic heterocycles. The summed E-state index contributed by atoms with van der Waals surface area (Å²) in [6, 6.07) is 26.4. The van der Waals surface area contributed by atoms with Crippen LogP contribution >= 0.6 is 0 Å². The smallest absolute Gasteiger partial charge is 0.248 e. The van der Waals surface area contributed by atoms with Gasteiger partial charge in [-0.25, -0.2) is 0 Å². The van der Waals surface area contributed by atoms with Gasteiger partial charge in [0.15, 0.2) is 11.5 Å². The number of aliphatic hydroxyl groups is 1. The second-order valence-electron chi connectivity index (χ2n) is 11.3. The van der Waals surface area contributed by atoms with Gasteiger partial charge in [-0.1, -0.05) is 73.7 Å². The van der Waals surface area contributed by atoms with Gasteiger partial charge in [-0.3, -0.25) is 4.79 Å². The van der Waals surface area contributed by atoms with Crippen molar-refractivity contribution in [1.82, 2.24) is 4.90 Å². The van der Waals surface area contributed by atoms with E-state index in [9.17, 15) is 9.90 Å². The fourth-order valence-electron chi connectivity index (χ4n) is 5.73. The summed E-state index contributed by atoms with van der Waals surface area (Å²) in [7, 11) is 1.65. The van der Waals surface area contributed by atoms with Crippen LogP contribution in [0.3, 0.4) is 0 Å². The molecule has 6 heteroatoms. The summed E-state index contributed by atoms with van der Waals surface area (Å²) in [6.07, 6.45) is 1.60. The van der Waals surface area contributed by atoms with Gasteiger partial charge in [0.2, 0.25) is 5.91 Å². The standard InChI is InChI=1S/C33H39NO5/c1-24(35)32(2)22-34(31(36)21-38-20-25-10-6-4-7-11-25)19-28(32)26-14-15-29(37-3)30(18-26)39-23-33(16-17-33)27-12-8-5-9-13-27/h4-15,18,24,28,35H,16-17,19-23H2,1-3H3/t24-,28+,32+/m1/s1. The number of likely N-dealkylation sites (tertiary alicyclic amines) is 1. The first-order valence-electron chi connectivity index (χ1n) is 13.8. The molecule has 0 spiro atoms. The second kappa shape index (κ2) is 11.4. The SMILES string of the molecule is COc1ccc([C@@H]2CN(C(=O)COCc3ccccc3)C[C@@]2(C)[C@@H](C)O)cc1OCC1(c2ccccc2)CC1. The molecule has 5 rings (SSSR count). The van der Waals surface area contributed by atoms with Crippen LogP contribution < -0.4 is 9.47 Å². The molecule has 2 aliphatic rings. The van der Waals surface area contributed by atoms with Crippen LogP contribution in [0.4, 0.5) is 0 Å². The lowest BCUT2D eigenvalue weighted by Crippen LogP contribution is -2.38. The van der Waals surface area contributed by atoms with E-state index in [-0.39, 0.29) is 23.8 Å². The van der Waals surface area contributed by atoms with Crippen molar-refractivity contribution in [1.29, 1.82) is 0 Å². The van der Waals surface area contributed by atoms with Gasteiger partial charge < -0.3 is 24.2 Å². The van der Waals surface area contributed by atoms with E-state index in [1.54, 1.807) is 7.11 Å². The molecule has 3 atom stereocenters. The molecule has 39 heavy (non-hydrogen) atoms. The van der Waals surface area contributed by atoms with Gasteiger partial charge in [0.1, 0.15) is 6.61 Å². The molecule has 1 saturated carbocycles. The van der Waals surface area contributed by atoms with Crippen molar-refractivity contribution in [3.63, 3.8) is 0 Å². The lowest BCUT2D eigenvalue weighted by atomic mass is 9.72. The number of ether oxygens (including phenoxy) is 3. The first-order valence-corrected chi connectivity index (χ1v) is 13.8. The Balaban J connectivity index is 1.30. The van der Waals surface area contributed by atoms with Crippen molar-refractivity contribution >= 4 is 5.91 Å². The molecule has 2 fully saturated rings. The Hall–Kier alpha value is -3.35. The van der Waals surface area contributed by atoms with Crippen molar-refractivity contribution in [3.05, 3.63) is 95.6 Å². The highest BCUT2D eigenvalue weighted by molar-refractivity contribution is 5.78. The highest BCUT2D eigenvalue weighted by atomic mass is 16.5. The van der Waals surface area contributed by atoms with Gasteiger partial charge in [0.05, 0.1) is 26.4 Å². The fourth-order valence-corrected chi connectivity index (χ4v) is 5.73. The summed E-state index contributed by atoms with van der Waals surface area (Å²) in [4.78, 5) is 14.9. The molecular weight excluding hydrogens is 490 g/mol. The largest absolute Gasteiger partial charge is 0.493 e. The third-order valence-corrected chi connectivity index (χ3v) is 8.71. The molecule has 3 aromatic carbocycles. The molecular formula is C33H39NO5. The Labute approximate surface area is 231 Å². The van der Waals surface area contributed by atoms with Crippen LogP contribution in [0.5, 0.6) is 11.5 Å². The van der Waals surface area contributed by atoms with Crippen LogP contribution in [0, 0.1) is 5.41 Å². The number of nitrogens with zero attached hydrogens (tertiary/aromatic N) is 1. The summed E-state index contributed by atoms with van der Waals surface area (Å²) in [5, 5.41) is 10.9. The molecule has 1 N–H and O–H groups in total. The Morgan fingerprint density at radius 1 is 1.03 bits per heavy atom. The van der Waals surface area contributed by atoms with Gasteiger partial charge in [-0.05, 0) is 48.6 Å². The minimum atomic E-state index is -0.607. The van der Waals surface area contributed by atoms with Crippen molar-refractivity contribution in [3.8, 4) is 11.5 Å². The molecule has 1 saturated heterocycles. The molecule has 3 aromatic rings. The van der Waals surface area contributed by atoms with E-state index in [0.717, 1.165) is 24.0 Å². The summed E-state index contributed by atoms with van der Waals surface area (Å²) >= 11 is 0. The number of carbonyl (C=O) groups is 1. The van der Waals surface area contributed by atoms with E-state index in [2.05, 4.69) is 31.2 Å². The number of hydrogen-bond donors (Lipinski definition) is 1. The highest BCUT2D eigenvalue weighted by Gasteiger charge is 2.49. The quantitative estimate of drug-likeness (QED) is 0.363. The van der Waals surface area contributed by atoms with E-state index >= 15 is 0 Å². The van der Waals surface area contributed by atoms with Crippen LogP contribution in [0.2, 0.25) is 0 Å². The summed E-state index contributed by atoms with van der Waals surface area (Å²) < 4.78 is 17.8. The normalized spacial score (nSPS) is 22.4. The molecule has 6 nitrogen and oxygen atoms in total. The zero-order chi connectivity index (χ0) is 27.5. The van der Waals surface area contributed by atoms with E-state index in [0.29, 0.717) is 37.8 Å². The van der Waals surface area contributed by atoms with Crippen molar-refractivity contribution in [2.24, 2.45) is 5.41 Å². The minimum absolute atomic E-state index is 0.00997. The first-order chi connectivity index (χ1) is 18.8. The third kappa shape index (κ3) is 5.82. The van der Waals surface area contributed by atoms with Gasteiger partial charge in [0, 0.05) is 29.8 Å². The van der Waals surface area contributed by atoms with Crippen LogP contribution in [0.25, 0.3) is 0 Å². The van der Waals surface area contributed by atoms with Crippen molar-refractivity contribution < 1.29 is 24.1 Å². The maximum absolute atomic E-state index is 13.1. The lowest BCUT2D eigenvalue weighted by Gasteiger charge is -2.34. The number of benzene rings is 3. The van der Waals surface area contributed by atoms with Crippen LogP contribution in [-0.4, -0.2) is 55.4 Å². The van der Waals surface area contributed by atoms with Gasteiger partial charge in [-0.2, -0.15) is 0 Å². The van der Waals surface area contributed by atoms with Crippen LogP contribution in [0.15, 0.2) is 78.9 Å². The molecule has 206 valence electrons. The number of hydrogen-bond acceptors (Lipinski definition) is 5. The Kier molecular flexibility index (Phi) is 7.96. The zero-order valence-electron chi connectivity index (χ0n) is 23.1. The monoisotopic (exact) mass is 529 g/mol. The van der Waals surface area contributed by atoms with E-state index < -0.39 is 11.5 Å². The van der Waals surface area contributed by atoms with Gasteiger partial charge in [0.25, 0.3) is 0 Å². The molecule has 0 bridgehead atoms. The van der Waals surface area contributed by atoms with Crippen molar-refractivity contribution in [2.75, 3.05) is 33.4 Å². The maximum Gasteiger partial charge on any atom is 0.248 e. The topological polar surface area (TPSA) is 68.2 Å².